The number of benzene rings is 3. The molecule has 0 bridgehead atoms. The summed E-state index contributed by atoms with van der Waals surface area (Å²) < 4.78 is 1.48. The number of aryl methyl sites for hydroxylation is 1. The lowest BCUT2D eigenvalue weighted by Gasteiger charge is -2.42. The van der Waals surface area contributed by atoms with Gasteiger partial charge in [-0.05, 0) is 23.6 Å². The van der Waals surface area contributed by atoms with Gasteiger partial charge in [-0.15, -0.1) is 5.10 Å². The van der Waals surface area contributed by atoms with E-state index in [2.05, 4.69) is 68.4 Å². The molecular formula is C29H28N6O3S. The van der Waals surface area contributed by atoms with Crippen LogP contribution in [0.15, 0.2) is 84.9 Å². The molecule has 1 N–H and O–H groups in total. The molecule has 9 nitrogen and oxygen atoms in total. The van der Waals surface area contributed by atoms with Crippen LogP contribution in [-0.2, 0) is 0 Å². The molecule has 10 heteroatoms. The topological polar surface area (TPSA) is 100 Å². The Kier molecular flexibility index (Phi) is 6.82. The molecule has 1 saturated heterocycles. The number of rotatable bonds is 7. The summed E-state index contributed by atoms with van der Waals surface area (Å²) in [5.74, 6) is 0.657. The average Bonchev–Trinajstić information content (AvgIpc) is 3.47. The zero-order valence-corrected chi connectivity index (χ0v) is 22.2. The Morgan fingerprint density at radius 3 is 1.85 bits per heavy atom. The number of fused-ring (bicyclic) bond motifs is 1. The standard InChI is InChI=1S/C29H28N6O3S/c1-20-30-29-34(31-20)28(36)27(39-29)26(23-12-14-24(15-13-23)35(37)38)33-18-16-32(17-19-33)25(21-8-4-2-5-9-21)22-10-6-3-7-11-22/h2-15,25-26,36H,16-19H2,1H3/t26-/m1/s1. The quantitative estimate of drug-likeness (QED) is 0.223. The fourth-order valence-corrected chi connectivity index (χ4v) is 6.63. The van der Waals surface area contributed by atoms with Gasteiger partial charge in [-0.2, -0.15) is 4.52 Å². The van der Waals surface area contributed by atoms with Crippen LogP contribution >= 0.6 is 11.3 Å². The molecule has 6 rings (SSSR count). The number of nitro groups is 1. The van der Waals surface area contributed by atoms with Gasteiger partial charge in [0.25, 0.3) is 5.69 Å². The summed E-state index contributed by atoms with van der Waals surface area (Å²) in [5.41, 5.74) is 3.43. The van der Waals surface area contributed by atoms with E-state index >= 15 is 0 Å². The zero-order valence-electron chi connectivity index (χ0n) is 21.4. The molecule has 1 aliphatic heterocycles. The Balaban J connectivity index is 1.32. The first-order valence-corrected chi connectivity index (χ1v) is 13.7. The van der Waals surface area contributed by atoms with Crippen molar-refractivity contribution in [2.45, 2.75) is 19.0 Å². The number of thiazole rings is 1. The van der Waals surface area contributed by atoms with Crippen LogP contribution in [0.2, 0.25) is 0 Å². The van der Waals surface area contributed by atoms with Crippen LogP contribution in [0.1, 0.15) is 39.5 Å². The second-order valence-corrected chi connectivity index (χ2v) is 10.7. The van der Waals surface area contributed by atoms with E-state index in [-0.39, 0.29) is 23.7 Å². The molecule has 198 valence electrons. The van der Waals surface area contributed by atoms with Crippen molar-refractivity contribution in [2.24, 2.45) is 0 Å². The Hall–Kier alpha value is -4.12. The monoisotopic (exact) mass is 540 g/mol. The summed E-state index contributed by atoms with van der Waals surface area (Å²) in [7, 11) is 0. The van der Waals surface area contributed by atoms with Gasteiger partial charge >= 0.3 is 0 Å². The van der Waals surface area contributed by atoms with Crippen LogP contribution in [0.25, 0.3) is 4.96 Å². The van der Waals surface area contributed by atoms with E-state index in [1.165, 1.54) is 39.1 Å². The smallest absolute Gasteiger partial charge is 0.269 e. The number of nitro benzene ring substituents is 1. The Morgan fingerprint density at radius 2 is 1.33 bits per heavy atom. The second-order valence-electron chi connectivity index (χ2n) is 9.69. The lowest BCUT2D eigenvalue weighted by Crippen LogP contribution is -2.49. The number of piperazine rings is 1. The summed E-state index contributed by atoms with van der Waals surface area (Å²) in [6.45, 7) is 4.94. The summed E-state index contributed by atoms with van der Waals surface area (Å²) in [5, 5.41) is 26.8. The maximum Gasteiger partial charge on any atom is 0.269 e. The van der Waals surface area contributed by atoms with Gasteiger partial charge in [0.05, 0.1) is 21.9 Å². The molecule has 1 aliphatic rings. The van der Waals surface area contributed by atoms with Crippen molar-refractivity contribution in [3.63, 3.8) is 0 Å². The molecular weight excluding hydrogens is 512 g/mol. The number of nitrogens with zero attached hydrogens (tertiary/aromatic N) is 6. The normalized spacial score (nSPS) is 15.6. The van der Waals surface area contributed by atoms with Crippen molar-refractivity contribution in [1.82, 2.24) is 24.4 Å². The third-order valence-corrected chi connectivity index (χ3v) is 8.36. The lowest BCUT2D eigenvalue weighted by atomic mass is 9.96. The van der Waals surface area contributed by atoms with Gasteiger partial charge < -0.3 is 5.11 Å². The second kappa shape index (κ2) is 10.6. The first-order valence-electron chi connectivity index (χ1n) is 12.9. The fraction of sp³-hybridized carbons (Fsp3) is 0.241. The average molecular weight is 541 g/mol. The Bertz CT molecular complexity index is 1540. The van der Waals surface area contributed by atoms with Gasteiger partial charge in [0.1, 0.15) is 5.82 Å². The van der Waals surface area contributed by atoms with Crippen molar-refractivity contribution in [3.05, 3.63) is 122 Å². The largest absolute Gasteiger partial charge is 0.492 e. The molecule has 1 fully saturated rings. The van der Waals surface area contributed by atoms with E-state index in [1.54, 1.807) is 19.1 Å². The lowest BCUT2D eigenvalue weighted by molar-refractivity contribution is -0.384. The van der Waals surface area contributed by atoms with E-state index in [9.17, 15) is 15.2 Å². The van der Waals surface area contributed by atoms with Gasteiger partial charge in [-0.3, -0.25) is 19.9 Å². The molecule has 0 amide bonds. The first-order chi connectivity index (χ1) is 19.0. The maximum absolute atomic E-state index is 11.3. The number of aromatic hydroxyl groups is 1. The van der Waals surface area contributed by atoms with Gasteiger partial charge in [0.2, 0.25) is 10.8 Å². The highest BCUT2D eigenvalue weighted by atomic mass is 32.1. The summed E-state index contributed by atoms with van der Waals surface area (Å²) >= 11 is 1.40. The van der Waals surface area contributed by atoms with Gasteiger partial charge in [-0.1, -0.05) is 84.1 Å². The molecule has 2 aromatic heterocycles. The third kappa shape index (κ3) is 4.89. The molecule has 0 spiro atoms. The van der Waals surface area contributed by atoms with E-state index < -0.39 is 4.92 Å². The number of non-ortho nitro benzene ring substituents is 1. The molecule has 0 radical (unpaired) electrons. The minimum Gasteiger partial charge on any atom is -0.492 e. The highest BCUT2D eigenvalue weighted by Gasteiger charge is 2.34. The molecule has 39 heavy (non-hydrogen) atoms. The SMILES string of the molecule is Cc1nc2sc([C@@H](c3ccc([N+](=O)[O-])cc3)N3CCN(C(c4ccccc4)c4ccccc4)CC3)c(O)n2n1. The predicted molar refractivity (Wildman–Crippen MR) is 150 cm³/mol. The van der Waals surface area contributed by atoms with Crippen molar-refractivity contribution in [3.8, 4) is 5.88 Å². The molecule has 1 atom stereocenters. The zero-order chi connectivity index (χ0) is 26.9. The highest BCUT2D eigenvalue weighted by molar-refractivity contribution is 7.17. The molecule has 0 unspecified atom stereocenters. The van der Waals surface area contributed by atoms with E-state index in [1.807, 2.05) is 12.1 Å². The van der Waals surface area contributed by atoms with Gasteiger partial charge in [-0.25, -0.2) is 4.98 Å². The number of hydrogen-bond acceptors (Lipinski definition) is 8. The number of aromatic nitrogens is 3. The van der Waals surface area contributed by atoms with E-state index in [0.717, 1.165) is 36.6 Å². The van der Waals surface area contributed by atoms with Crippen molar-refractivity contribution in [2.75, 3.05) is 26.2 Å². The van der Waals surface area contributed by atoms with E-state index in [0.29, 0.717) is 10.8 Å². The number of hydrogen-bond donors (Lipinski definition) is 1. The fourth-order valence-electron chi connectivity index (χ4n) is 5.47. The van der Waals surface area contributed by atoms with Crippen LogP contribution in [0.5, 0.6) is 5.88 Å². The maximum atomic E-state index is 11.3. The van der Waals surface area contributed by atoms with Crippen LogP contribution in [0, 0.1) is 17.0 Å². The minimum absolute atomic E-state index is 0.0402. The van der Waals surface area contributed by atoms with Crippen molar-refractivity contribution < 1.29 is 10.0 Å². The molecule has 3 heterocycles. The van der Waals surface area contributed by atoms with Gasteiger partial charge in [0, 0.05) is 38.3 Å². The van der Waals surface area contributed by atoms with Crippen LogP contribution in [0.4, 0.5) is 5.69 Å². The van der Waals surface area contributed by atoms with E-state index in [4.69, 9.17) is 0 Å². The molecule has 3 aromatic carbocycles. The summed E-state index contributed by atoms with van der Waals surface area (Å²) in [6, 6.07) is 27.6. The van der Waals surface area contributed by atoms with Crippen molar-refractivity contribution >= 4 is 22.0 Å². The Labute approximate surface area is 229 Å². The molecule has 0 aliphatic carbocycles. The van der Waals surface area contributed by atoms with Crippen molar-refractivity contribution in [1.29, 1.82) is 0 Å². The first kappa shape index (κ1) is 25.2. The minimum atomic E-state index is -0.395. The Morgan fingerprint density at radius 1 is 0.821 bits per heavy atom. The van der Waals surface area contributed by atoms with Crippen LogP contribution in [0.3, 0.4) is 0 Å². The molecule has 5 aromatic rings. The molecule has 0 saturated carbocycles. The third-order valence-electron chi connectivity index (χ3n) is 7.28. The predicted octanol–water partition coefficient (Wildman–Crippen LogP) is 5.21. The van der Waals surface area contributed by atoms with Crippen LogP contribution in [-0.4, -0.2) is 60.6 Å². The van der Waals surface area contributed by atoms with Crippen LogP contribution < -0.4 is 0 Å². The highest BCUT2D eigenvalue weighted by Crippen LogP contribution is 2.41. The van der Waals surface area contributed by atoms with Gasteiger partial charge in [0.15, 0.2) is 0 Å². The summed E-state index contributed by atoms with van der Waals surface area (Å²) in [4.78, 5) is 21.5. The summed E-state index contributed by atoms with van der Waals surface area (Å²) in [6.07, 6.45) is 0.